The van der Waals surface area contributed by atoms with Crippen LogP contribution >= 0.6 is 0 Å². The van der Waals surface area contributed by atoms with Crippen molar-refractivity contribution >= 4 is 11.0 Å². The Balaban J connectivity index is 1.54. The molecule has 0 bridgehead atoms. The third-order valence-corrected chi connectivity index (χ3v) is 4.38. The lowest BCUT2D eigenvalue weighted by molar-refractivity contribution is -0.696. The highest BCUT2D eigenvalue weighted by Crippen LogP contribution is 2.10. The number of fused-ring (bicyclic) bond motifs is 1. The van der Waals surface area contributed by atoms with E-state index in [9.17, 15) is 0 Å². The first-order valence-corrected chi connectivity index (χ1v) is 8.99. The van der Waals surface area contributed by atoms with Crippen LogP contribution in [-0.4, -0.2) is 15.0 Å². The third kappa shape index (κ3) is 5.39. The van der Waals surface area contributed by atoms with Gasteiger partial charge in [-0.05, 0) is 6.42 Å². The number of aromatic nitrogens is 4. The van der Waals surface area contributed by atoms with Crippen molar-refractivity contribution in [2.75, 3.05) is 0 Å². The maximum Gasteiger partial charge on any atom is 0.198 e. The van der Waals surface area contributed by atoms with E-state index in [4.69, 9.17) is 0 Å². The minimum Gasteiger partial charge on any atom is -0.247 e. The van der Waals surface area contributed by atoms with Crippen LogP contribution in [0.2, 0.25) is 0 Å². The number of unbranched alkanes of at least 4 members (excludes halogenated alkanes) is 9. The fourth-order valence-corrected chi connectivity index (χ4v) is 2.95. The van der Waals surface area contributed by atoms with Crippen LogP contribution in [0.5, 0.6) is 0 Å². The number of hydrogen-bond acceptors (Lipinski definition) is 2. The molecule has 0 atom stereocenters. The summed E-state index contributed by atoms with van der Waals surface area (Å²) in [6, 6.07) is 2.10. The van der Waals surface area contributed by atoms with E-state index in [-0.39, 0.29) is 0 Å². The van der Waals surface area contributed by atoms with Crippen molar-refractivity contribution < 1.29 is 4.57 Å². The molecule has 0 aliphatic heterocycles. The molecule has 0 saturated carbocycles. The molecular weight excluding hydrogens is 272 g/mol. The van der Waals surface area contributed by atoms with Crippen molar-refractivity contribution in [3.05, 3.63) is 18.5 Å². The van der Waals surface area contributed by atoms with Gasteiger partial charge >= 0.3 is 0 Å². The van der Waals surface area contributed by atoms with E-state index in [1.54, 1.807) is 0 Å². The van der Waals surface area contributed by atoms with Crippen LogP contribution in [0, 0.1) is 0 Å². The van der Waals surface area contributed by atoms with Gasteiger partial charge in [-0.25, -0.2) is 9.25 Å². The molecule has 0 radical (unpaired) electrons. The van der Waals surface area contributed by atoms with Gasteiger partial charge in [-0.15, -0.1) is 5.10 Å². The van der Waals surface area contributed by atoms with Crippen LogP contribution in [0.3, 0.4) is 0 Å². The quantitative estimate of drug-likeness (QED) is 0.461. The van der Waals surface area contributed by atoms with Crippen LogP contribution in [0.15, 0.2) is 18.5 Å². The molecule has 2 rings (SSSR count). The molecular formula is C18H31N4+. The Morgan fingerprint density at radius 2 is 1.59 bits per heavy atom. The lowest BCUT2D eigenvalue weighted by atomic mass is 10.1. The summed E-state index contributed by atoms with van der Waals surface area (Å²) in [7, 11) is 1.93. The Morgan fingerprint density at radius 1 is 0.955 bits per heavy atom. The summed E-state index contributed by atoms with van der Waals surface area (Å²) in [6.07, 6.45) is 18.1. The minimum absolute atomic E-state index is 0.983. The highest BCUT2D eigenvalue weighted by Gasteiger charge is 2.07. The fourth-order valence-electron chi connectivity index (χ4n) is 2.95. The summed E-state index contributed by atoms with van der Waals surface area (Å²) >= 11 is 0. The molecule has 0 amide bonds. The molecule has 2 aromatic heterocycles. The van der Waals surface area contributed by atoms with Crippen molar-refractivity contribution in [2.45, 2.75) is 77.7 Å². The second kappa shape index (κ2) is 9.54. The lowest BCUT2D eigenvalue weighted by Gasteiger charge is -2.01. The number of rotatable bonds is 11. The summed E-state index contributed by atoms with van der Waals surface area (Å²) in [5, 5.41) is 8.22. The van der Waals surface area contributed by atoms with E-state index < -0.39 is 0 Å². The maximum atomic E-state index is 4.17. The van der Waals surface area contributed by atoms with Gasteiger partial charge in [0.2, 0.25) is 0 Å². The summed E-state index contributed by atoms with van der Waals surface area (Å²) in [6.45, 7) is 3.36. The third-order valence-electron chi connectivity index (χ3n) is 4.38. The number of hydrogen-bond donors (Lipinski definition) is 0. The number of pyridine rings is 1. The van der Waals surface area contributed by atoms with Gasteiger partial charge in [-0.3, -0.25) is 0 Å². The number of aryl methyl sites for hydroxylation is 2. The lowest BCUT2D eigenvalue weighted by Crippen LogP contribution is -2.32. The molecule has 22 heavy (non-hydrogen) atoms. The Bertz CT molecular complexity index is 547. The minimum atomic E-state index is 0.983. The maximum absolute atomic E-state index is 4.17. The normalized spacial score (nSPS) is 11.4. The van der Waals surface area contributed by atoms with Crippen LogP contribution in [0.4, 0.5) is 0 Å². The molecule has 4 nitrogen and oxygen atoms in total. The summed E-state index contributed by atoms with van der Waals surface area (Å²) < 4.78 is 4.06. The van der Waals surface area contributed by atoms with Crippen molar-refractivity contribution in [2.24, 2.45) is 7.05 Å². The predicted octanol–water partition coefficient (Wildman–Crippen LogP) is 4.18. The van der Waals surface area contributed by atoms with Crippen LogP contribution < -0.4 is 4.57 Å². The van der Waals surface area contributed by atoms with Gasteiger partial charge in [-0.1, -0.05) is 63.5 Å². The van der Waals surface area contributed by atoms with Crippen LogP contribution in [0.1, 0.15) is 71.1 Å². The highest BCUT2D eigenvalue weighted by atomic mass is 15.4. The highest BCUT2D eigenvalue weighted by molar-refractivity contribution is 5.71. The molecule has 0 unspecified atom stereocenters. The SMILES string of the molecule is CCCCCCCCCCCC[n+]1ccc2c(c1)nnn2C. The van der Waals surface area contributed by atoms with E-state index in [0.29, 0.717) is 0 Å². The topological polar surface area (TPSA) is 34.6 Å². The van der Waals surface area contributed by atoms with Gasteiger partial charge in [-0.2, -0.15) is 0 Å². The molecule has 0 aliphatic rings. The van der Waals surface area contributed by atoms with E-state index >= 15 is 0 Å². The average Bonchev–Trinajstić information content (AvgIpc) is 2.90. The molecule has 0 spiro atoms. The Labute approximate surface area is 134 Å². The molecule has 122 valence electrons. The van der Waals surface area contributed by atoms with E-state index in [2.05, 4.69) is 40.3 Å². The smallest absolute Gasteiger partial charge is 0.198 e. The van der Waals surface area contributed by atoms with Crippen molar-refractivity contribution in [3.63, 3.8) is 0 Å². The van der Waals surface area contributed by atoms with Crippen LogP contribution in [-0.2, 0) is 13.6 Å². The first-order chi connectivity index (χ1) is 10.8. The molecule has 2 heterocycles. The zero-order chi connectivity index (χ0) is 15.6. The number of nitrogens with zero attached hydrogens (tertiary/aromatic N) is 4. The van der Waals surface area contributed by atoms with Gasteiger partial charge in [0.25, 0.3) is 0 Å². The molecule has 0 N–H and O–H groups in total. The van der Waals surface area contributed by atoms with Gasteiger partial charge in [0.15, 0.2) is 17.9 Å². The Kier molecular flexibility index (Phi) is 7.34. The van der Waals surface area contributed by atoms with E-state index in [0.717, 1.165) is 17.6 Å². The summed E-state index contributed by atoms with van der Waals surface area (Å²) in [5.41, 5.74) is 2.08. The Morgan fingerprint density at radius 3 is 2.27 bits per heavy atom. The molecule has 2 aromatic rings. The summed E-state index contributed by atoms with van der Waals surface area (Å²) in [5.74, 6) is 0. The molecule has 4 heteroatoms. The van der Waals surface area contributed by atoms with Gasteiger partial charge in [0.05, 0.1) is 0 Å². The largest absolute Gasteiger partial charge is 0.247 e. The average molecular weight is 303 g/mol. The summed E-state index contributed by atoms with van der Waals surface area (Å²) in [4.78, 5) is 0. The first kappa shape index (κ1) is 16.9. The molecule has 0 aromatic carbocycles. The zero-order valence-corrected chi connectivity index (χ0v) is 14.3. The van der Waals surface area contributed by atoms with Crippen LogP contribution in [0.25, 0.3) is 11.0 Å². The fraction of sp³-hybridized carbons (Fsp3) is 0.722. The van der Waals surface area contributed by atoms with Crippen molar-refractivity contribution in [3.8, 4) is 0 Å². The van der Waals surface area contributed by atoms with Gasteiger partial charge in [0, 0.05) is 19.5 Å². The van der Waals surface area contributed by atoms with Gasteiger partial charge in [0.1, 0.15) is 12.1 Å². The zero-order valence-electron chi connectivity index (χ0n) is 14.3. The Hall–Kier alpha value is -1.45. The van der Waals surface area contributed by atoms with E-state index in [1.807, 2.05) is 11.7 Å². The second-order valence-electron chi connectivity index (χ2n) is 6.35. The van der Waals surface area contributed by atoms with Crippen molar-refractivity contribution in [1.82, 2.24) is 15.0 Å². The monoisotopic (exact) mass is 303 g/mol. The first-order valence-electron chi connectivity index (χ1n) is 8.99. The van der Waals surface area contributed by atoms with Crippen molar-refractivity contribution in [1.29, 1.82) is 0 Å². The standard InChI is InChI=1S/C18H31N4/c1-3-4-5-6-7-8-9-10-11-12-14-22-15-13-18-17(16-22)19-20-21(18)2/h13,15-16H,3-12,14H2,1-2H3/q+1. The van der Waals surface area contributed by atoms with E-state index in [1.165, 1.54) is 64.2 Å². The molecule has 0 saturated heterocycles. The molecule has 0 aliphatic carbocycles. The second-order valence-corrected chi connectivity index (χ2v) is 6.35. The predicted molar refractivity (Wildman–Crippen MR) is 90.5 cm³/mol. The van der Waals surface area contributed by atoms with Gasteiger partial charge < -0.3 is 0 Å². The molecule has 0 fully saturated rings.